The molecule has 0 aliphatic rings. The van der Waals surface area contributed by atoms with Gasteiger partial charge in [0, 0.05) is 24.6 Å². The van der Waals surface area contributed by atoms with E-state index in [2.05, 4.69) is 10.6 Å². The van der Waals surface area contributed by atoms with Gasteiger partial charge in [-0.05, 0) is 42.5 Å². The summed E-state index contributed by atoms with van der Waals surface area (Å²) < 4.78 is 9.81. The van der Waals surface area contributed by atoms with E-state index >= 15 is 0 Å². The fraction of sp³-hybridized carbons (Fsp3) is 0.125. The van der Waals surface area contributed by atoms with Gasteiger partial charge in [0.15, 0.2) is 0 Å². The van der Waals surface area contributed by atoms with Gasteiger partial charge in [0.25, 0.3) is 0 Å². The van der Waals surface area contributed by atoms with E-state index in [0.717, 1.165) is 0 Å². The van der Waals surface area contributed by atoms with Crippen LogP contribution in [0.15, 0.2) is 53.2 Å². The molecule has 1 aromatic carbocycles. The first-order chi connectivity index (χ1) is 10.7. The fourth-order valence-electron chi connectivity index (χ4n) is 1.69. The summed E-state index contributed by atoms with van der Waals surface area (Å²) >= 11 is 0. The van der Waals surface area contributed by atoms with Gasteiger partial charge in [-0.3, -0.25) is 9.59 Å². The number of rotatable bonds is 6. The van der Waals surface area contributed by atoms with E-state index in [4.69, 9.17) is 9.15 Å². The Labute approximate surface area is 127 Å². The standard InChI is InChI=1S/C16H16N2O4/c1-21-11-16(20)18-13-6-4-12(5-7-13)17-15(19)9-8-14-3-2-10-22-14/h2-10H,11H2,1H3,(H,17,19)(H,18,20). The van der Waals surface area contributed by atoms with Crippen molar-refractivity contribution in [2.75, 3.05) is 24.4 Å². The van der Waals surface area contributed by atoms with Crippen molar-refractivity contribution < 1.29 is 18.7 Å². The Balaban J connectivity index is 1.88. The first-order valence-corrected chi connectivity index (χ1v) is 6.59. The maximum absolute atomic E-state index is 11.7. The molecule has 2 amide bonds. The molecular weight excluding hydrogens is 284 g/mol. The summed E-state index contributed by atoms with van der Waals surface area (Å²) in [5.41, 5.74) is 1.25. The molecule has 22 heavy (non-hydrogen) atoms. The Morgan fingerprint density at radius 3 is 2.41 bits per heavy atom. The summed E-state index contributed by atoms with van der Waals surface area (Å²) in [6.45, 7) is -0.00391. The Hall–Kier alpha value is -2.86. The van der Waals surface area contributed by atoms with Crippen LogP contribution in [0, 0.1) is 0 Å². The normalized spacial score (nSPS) is 10.6. The SMILES string of the molecule is COCC(=O)Nc1ccc(NC(=O)C=Cc2ccco2)cc1. The topological polar surface area (TPSA) is 80.6 Å². The lowest BCUT2D eigenvalue weighted by Crippen LogP contribution is -2.17. The van der Waals surface area contributed by atoms with Crippen molar-refractivity contribution in [1.82, 2.24) is 0 Å². The number of methoxy groups -OCH3 is 1. The maximum atomic E-state index is 11.7. The zero-order chi connectivity index (χ0) is 15.8. The van der Waals surface area contributed by atoms with Crippen molar-refractivity contribution in [3.05, 3.63) is 54.5 Å². The highest BCUT2D eigenvalue weighted by Crippen LogP contribution is 2.13. The molecule has 0 aliphatic heterocycles. The summed E-state index contributed by atoms with van der Waals surface area (Å²) in [5, 5.41) is 5.37. The number of furan rings is 1. The van der Waals surface area contributed by atoms with E-state index in [0.29, 0.717) is 17.1 Å². The Morgan fingerprint density at radius 1 is 1.14 bits per heavy atom. The molecule has 114 valence electrons. The molecule has 0 saturated heterocycles. The van der Waals surface area contributed by atoms with E-state index in [1.165, 1.54) is 19.4 Å². The number of nitrogens with one attached hydrogen (secondary N) is 2. The van der Waals surface area contributed by atoms with Crippen LogP contribution in [0.1, 0.15) is 5.76 Å². The summed E-state index contributed by atoms with van der Waals surface area (Å²) in [6.07, 6.45) is 4.50. The highest BCUT2D eigenvalue weighted by atomic mass is 16.5. The molecule has 0 fully saturated rings. The second kappa shape index (κ2) is 7.80. The summed E-state index contributed by atoms with van der Waals surface area (Å²) in [7, 11) is 1.45. The third-order valence-electron chi connectivity index (χ3n) is 2.65. The number of benzene rings is 1. The van der Waals surface area contributed by atoms with Gasteiger partial charge in [-0.1, -0.05) is 0 Å². The lowest BCUT2D eigenvalue weighted by atomic mass is 10.2. The number of ether oxygens (including phenoxy) is 1. The Kier molecular flexibility index (Phi) is 5.50. The third-order valence-corrected chi connectivity index (χ3v) is 2.65. The predicted molar refractivity (Wildman–Crippen MR) is 83.3 cm³/mol. The molecule has 0 unspecified atom stereocenters. The lowest BCUT2D eigenvalue weighted by Gasteiger charge is -2.06. The molecule has 0 bridgehead atoms. The van der Waals surface area contributed by atoms with Gasteiger partial charge in [-0.15, -0.1) is 0 Å². The zero-order valence-electron chi connectivity index (χ0n) is 12.0. The van der Waals surface area contributed by atoms with Crippen LogP contribution in [-0.4, -0.2) is 25.5 Å². The van der Waals surface area contributed by atoms with Gasteiger partial charge in [0.2, 0.25) is 11.8 Å². The van der Waals surface area contributed by atoms with Gasteiger partial charge in [0.1, 0.15) is 12.4 Å². The zero-order valence-corrected chi connectivity index (χ0v) is 12.0. The smallest absolute Gasteiger partial charge is 0.250 e. The Bertz CT molecular complexity index is 645. The molecule has 1 heterocycles. The minimum absolute atomic E-state index is 0.00391. The number of hydrogen-bond donors (Lipinski definition) is 2. The van der Waals surface area contributed by atoms with Crippen LogP contribution in [0.5, 0.6) is 0 Å². The van der Waals surface area contributed by atoms with Crippen molar-refractivity contribution >= 4 is 29.3 Å². The van der Waals surface area contributed by atoms with Crippen molar-refractivity contribution in [3.63, 3.8) is 0 Å². The van der Waals surface area contributed by atoms with Crippen molar-refractivity contribution in [3.8, 4) is 0 Å². The van der Waals surface area contributed by atoms with Crippen LogP contribution >= 0.6 is 0 Å². The molecule has 0 spiro atoms. The van der Waals surface area contributed by atoms with E-state index in [1.54, 1.807) is 42.5 Å². The van der Waals surface area contributed by atoms with E-state index in [9.17, 15) is 9.59 Å². The van der Waals surface area contributed by atoms with Crippen LogP contribution in [0.25, 0.3) is 6.08 Å². The molecule has 1 aromatic heterocycles. The molecule has 0 aliphatic carbocycles. The van der Waals surface area contributed by atoms with E-state index in [1.807, 2.05) is 0 Å². The highest BCUT2D eigenvalue weighted by molar-refractivity contribution is 6.02. The number of carbonyl (C=O) groups excluding carboxylic acids is 2. The molecular formula is C16H16N2O4. The van der Waals surface area contributed by atoms with E-state index in [-0.39, 0.29) is 18.4 Å². The molecule has 6 heteroatoms. The van der Waals surface area contributed by atoms with E-state index < -0.39 is 0 Å². The third kappa shape index (κ3) is 4.92. The number of amides is 2. The van der Waals surface area contributed by atoms with Gasteiger partial charge in [-0.25, -0.2) is 0 Å². The number of carbonyl (C=O) groups is 2. The molecule has 0 saturated carbocycles. The van der Waals surface area contributed by atoms with Crippen LogP contribution in [0.4, 0.5) is 11.4 Å². The fourth-order valence-corrected chi connectivity index (χ4v) is 1.69. The second-order valence-corrected chi connectivity index (χ2v) is 4.40. The van der Waals surface area contributed by atoms with Gasteiger partial charge < -0.3 is 19.8 Å². The monoisotopic (exact) mass is 300 g/mol. The quantitative estimate of drug-likeness (QED) is 0.803. The van der Waals surface area contributed by atoms with Crippen LogP contribution in [0.2, 0.25) is 0 Å². The molecule has 0 atom stereocenters. The first-order valence-electron chi connectivity index (χ1n) is 6.59. The second-order valence-electron chi connectivity index (χ2n) is 4.40. The highest BCUT2D eigenvalue weighted by Gasteiger charge is 2.02. The predicted octanol–water partition coefficient (Wildman–Crippen LogP) is 2.52. The molecule has 6 nitrogen and oxygen atoms in total. The molecule has 2 aromatic rings. The lowest BCUT2D eigenvalue weighted by molar-refractivity contribution is -0.119. The van der Waals surface area contributed by atoms with Crippen LogP contribution < -0.4 is 10.6 Å². The maximum Gasteiger partial charge on any atom is 0.250 e. The number of anilines is 2. The molecule has 2 N–H and O–H groups in total. The first kappa shape index (κ1) is 15.5. The summed E-state index contributed by atoms with van der Waals surface area (Å²) in [5.74, 6) is 0.0968. The van der Waals surface area contributed by atoms with Crippen LogP contribution in [0.3, 0.4) is 0 Å². The molecule has 2 rings (SSSR count). The van der Waals surface area contributed by atoms with Crippen molar-refractivity contribution in [2.24, 2.45) is 0 Å². The average Bonchev–Trinajstić information content (AvgIpc) is 3.01. The minimum atomic E-state index is -0.271. The molecule has 0 radical (unpaired) electrons. The summed E-state index contributed by atoms with van der Waals surface area (Å²) in [6, 6.07) is 10.3. The van der Waals surface area contributed by atoms with Crippen molar-refractivity contribution in [1.29, 1.82) is 0 Å². The van der Waals surface area contributed by atoms with Gasteiger partial charge in [0.05, 0.1) is 6.26 Å². The largest absolute Gasteiger partial charge is 0.465 e. The average molecular weight is 300 g/mol. The number of hydrogen-bond acceptors (Lipinski definition) is 4. The van der Waals surface area contributed by atoms with Gasteiger partial charge >= 0.3 is 0 Å². The summed E-state index contributed by atoms with van der Waals surface area (Å²) in [4.78, 5) is 23.1. The minimum Gasteiger partial charge on any atom is -0.465 e. The van der Waals surface area contributed by atoms with Crippen LogP contribution in [-0.2, 0) is 14.3 Å². The van der Waals surface area contributed by atoms with Gasteiger partial charge in [-0.2, -0.15) is 0 Å². The van der Waals surface area contributed by atoms with Crippen molar-refractivity contribution in [2.45, 2.75) is 0 Å². The Morgan fingerprint density at radius 2 is 1.82 bits per heavy atom.